The van der Waals surface area contributed by atoms with Gasteiger partial charge in [-0.1, -0.05) is 0 Å². The average Bonchev–Trinajstić information content (AvgIpc) is 3.23. The Morgan fingerprint density at radius 1 is 1.07 bits per heavy atom. The first-order chi connectivity index (χ1) is 13.5. The molecule has 152 valence electrons. The smallest absolute Gasteiger partial charge is 0.250 e. The zero-order valence-electron chi connectivity index (χ0n) is 15.8. The van der Waals surface area contributed by atoms with E-state index in [0.29, 0.717) is 30.5 Å². The SMILES string of the molecule is FC1(F)CCN([C@H]2CC[C@@H](Nc3nc(Cl)nc4sc5c(c34)CCC5)CC2)CC1. The number of nitrogens with zero attached hydrogens (tertiary/aromatic N) is 3. The number of nitrogens with one attached hydrogen (secondary N) is 1. The van der Waals surface area contributed by atoms with E-state index in [1.54, 1.807) is 11.3 Å². The number of anilines is 1. The number of aryl methyl sites for hydroxylation is 2. The van der Waals surface area contributed by atoms with Gasteiger partial charge in [0, 0.05) is 42.9 Å². The summed E-state index contributed by atoms with van der Waals surface area (Å²) in [6.45, 7) is 1.05. The molecule has 4 nitrogen and oxygen atoms in total. The number of hydrogen-bond acceptors (Lipinski definition) is 5. The van der Waals surface area contributed by atoms with Gasteiger partial charge in [0.05, 0.1) is 5.39 Å². The Labute approximate surface area is 172 Å². The lowest BCUT2D eigenvalue weighted by atomic mass is 9.88. The van der Waals surface area contributed by atoms with E-state index >= 15 is 0 Å². The van der Waals surface area contributed by atoms with E-state index in [1.807, 2.05) is 0 Å². The molecule has 28 heavy (non-hydrogen) atoms. The molecule has 0 atom stereocenters. The molecule has 1 aliphatic heterocycles. The van der Waals surface area contributed by atoms with E-state index in [0.717, 1.165) is 49.2 Å². The maximum Gasteiger partial charge on any atom is 0.250 e. The van der Waals surface area contributed by atoms with Crippen LogP contribution in [-0.2, 0) is 12.8 Å². The maximum absolute atomic E-state index is 13.4. The molecule has 1 N–H and O–H groups in total. The zero-order valence-corrected chi connectivity index (χ0v) is 17.4. The van der Waals surface area contributed by atoms with Gasteiger partial charge in [-0.2, -0.15) is 0 Å². The Morgan fingerprint density at radius 2 is 1.82 bits per heavy atom. The summed E-state index contributed by atoms with van der Waals surface area (Å²) in [5.74, 6) is -1.58. The quantitative estimate of drug-likeness (QED) is 0.677. The van der Waals surface area contributed by atoms with Gasteiger partial charge in [0.1, 0.15) is 10.6 Å². The van der Waals surface area contributed by atoms with Crippen LogP contribution in [0.3, 0.4) is 0 Å². The lowest BCUT2D eigenvalue weighted by Crippen LogP contribution is -2.47. The fourth-order valence-electron chi connectivity index (χ4n) is 5.07. The number of alkyl halides is 2. The van der Waals surface area contributed by atoms with Crippen LogP contribution >= 0.6 is 22.9 Å². The van der Waals surface area contributed by atoms with Crippen LogP contribution in [0, 0.1) is 0 Å². The normalized spacial score (nSPS) is 27.8. The number of aromatic nitrogens is 2. The topological polar surface area (TPSA) is 41.0 Å². The molecular weight excluding hydrogens is 402 g/mol. The minimum atomic E-state index is -2.46. The number of thiophene rings is 1. The van der Waals surface area contributed by atoms with Crippen LogP contribution in [0.15, 0.2) is 0 Å². The van der Waals surface area contributed by atoms with Gasteiger partial charge in [0.15, 0.2) is 0 Å². The summed E-state index contributed by atoms with van der Waals surface area (Å²) in [5, 5.41) is 5.12. The van der Waals surface area contributed by atoms with Gasteiger partial charge in [-0.05, 0) is 62.1 Å². The van der Waals surface area contributed by atoms with E-state index < -0.39 is 5.92 Å². The summed E-state index contributed by atoms with van der Waals surface area (Å²) in [7, 11) is 0. The van der Waals surface area contributed by atoms with Crippen molar-refractivity contribution in [3.05, 3.63) is 15.7 Å². The van der Waals surface area contributed by atoms with Gasteiger partial charge in [0.2, 0.25) is 5.28 Å². The van der Waals surface area contributed by atoms with Crippen LogP contribution < -0.4 is 5.32 Å². The lowest BCUT2D eigenvalue weighted by molar-refractivity contribution is -0.0657. The van der Waals surface area contributed by atoms with Crippen LogP contribution in [0.25, 0.3) is 10.2 Å². The predicted molar refractivity (Wildman–Crippen MR) is 110 cm³/mol. The van der Waals surface area contributed by atoms with Crippen molar-refractivity contribution in [1.29, 1.82) is 0 Å². The van der Waals surface area contributed by atoms with E-state index in [2.05, 4.69) is 20.2 Å². The van der Waals surface area contributed by atoms with Crippen LogP contribution in [0.5, 0.6) is 0 Å². The van der Waals surface area contributed by atoms with Gasteiger partial charge in [-0.15, -0.1) is 11.3 Å². The van der Waals surface area contributed by atoms with Crippen molar-refractivity contribution < 1.29 is 8.78 Å². The van der Waals surface area contributed by atoms with Crippen molar-refractivity contribution in [2.75, 3.05) is 18.4 Å². The summed E-state index contributed by atoms with van der Waals surface area (Å²) in [4.78, 5) is 13.7. The molecule has 0 bridgehead atoms. The highest BCUT2D eigenvalue weighted by Crippen LogP contribution is 2.41. The van der Waals surface area contributed by atoms with Crippen LogP contribution in [0.1, 0.15) is 55.4 Å². The first-order valence-corrected chi connectivity index (χ1v) is 11.5. The van der Waals surface area contributed by atoms with Gasteiger partial charge < -0.3 is 5.32 Å². The summed E-state index contributed by atoms with van der Waals surface area (Å²) in [5.41, 5.74) is 1.40. The molecule has 0 amide bonds. The molecule has 8 heteroatoms. The van der Waals surface area contributed by atoms with E-state index in [4.69, 9.17) is 11.6 Å². The highest BCUT2D eigenvalue weighted by atomic mass is 35.5. The summed E-state index contributed by atoms with van der Waals surface area (Å²) in [6.07, 6.45) is 7.62. The monoisotopic (exact) mass is 426 g/mol. The third-order valence-corrected chi connectivity index (χ3v) is 7.98. The molecule has 1 saturated heterocycles. The fourth-order valence-corrected chi connectivity index (χ4v) is 6.55. The Bertz CT molecular complexity index is 869. The molecule has 2 fully saturated rings. The number of fused-ring (bicyclic) bond motifs is 3. The predicted octanol–water partition coefficient (Wildman–Crippen LogP) is 5.29. The van der Waals surface area contributed by atoms with Crippen LogP contribution in [0.4, 0.5) is 14.6 Å². The molecule has 0 spiro atoms. The molecule has 3 heterocycles. The number of likely N-dealkylation sites (tertiary alicyclic amines) is 1. The lowest BCUT2D eigenvalue weighted by Gasteiger charge is -2.40. The van der Waals surface area contributed by atoms with E-state index in [-0.39, 0.29) is 12.8 Å². The highest BCUT2D eigenvalue weighted by Gasteiger charge is 2.37. The Morgan fingerprint density at radius 3 is 2.57 bits per heavy atom. The minimum Gasteiger partial charge on any atom is -0.367 e. The second kappa shape index (κ2) is 7.33. The molecule has 0 radical (unpaired) electrons. The molecule has 2 aliphatic carbocycles. The molecule has 3 aliphatic rings. The van der Waals surface area contributed by atoms with Crippen molar-refractivity contribution in [2.24, 2.45) is 0 Å². The first-order valence-electron chi connectivity index (χ1n) is 10.3. The molecule has 5 rings (SSSR count). The van der Waals surface area contributed by atoms with Crippen molar-refractivity contribution >= 4 is 39.0 Å². The van der Waals surface area contributed by atoms with E-state index in [9.17, 15) is 8.78 Å². The first kappa shape index (κ1) is 18.9. The number of piperidine rings is 1. The molecule has 0 unspecified atom stereocenters. The van der Waals surface area contributed by atoms with E-state index in [1.165, 1.54) is 22.2 Å². The van der Waals surface area contributed by atoms with Crippen molar-refractivity contribution in [3.63, 3.8) is 0 Å². The maximum atomic E-state index is 13.4. The van der Waals surface area contributed by atoms with Crippen LogP contribution in [-0.4, -0.2) is 46.0 Å². The zero-order chi connectivity index (χ0) is 19.3. The molecule has 1 saturated carbocycles. The summed E-state index contributed by atoms with van der Waals surface area (Å²) in [6, 6.07) is 0.794. The molecule has 2 aromatic rings. The van der Waals surface area contributed by atoms with Gasteiger partial charge >= 0.3 is 0 Å². The average molecular weight is 427 g/mol. The highest BCUT2D eigenvalue weighted by molar-refractivity contribution is 7.19. The summed E-state index contributed by atoms with van der Waals surface area (Å²) >= 11 is 7.94. The van der Waals surface area contributed by atoms with Crippen molar-refractivity contribution in [1.82, 2.24) is 14.9 Å². The molecule has 2 aromatic heterocycles. The summed E-state index contributed by atoms with van der Waals surface area (Å²) < 4.78 is 26.8. The minimum absolute atomic E-state index is 0.00581. The Hall–Kier alpha value is -1.05. The number of halogens is 3. The van der Waals surface area contributed by atoms with Crippen molar-refractivity contribution in [3.8, 4) is 0 Å². The third-order valence-electron chi connectivity index (χ3n) is 6.62. The van der Waals surface area contributed by atoms with Crippen LogP contribution in [0.2, 0.25) is 5.28 Å². The second-order valence-electron chi connectivity index (χ2n) is 8.42. The van der Waals surface area contributed by atoms with Gasteiger partial charge in [-0.25, -0.2) is 18.7 Å². The standard InChI is InChI=1S/C20H25ClF2N4S/c21-19-25-17(16-14-2-1-3-15(14)28-18(16)26-19)24-12-4-6-13(7-5-12)27-10-8-20(22,23)9-11-27/h12-13H,1-11H2,(H,24,25,26)/t12-,13+. The Balaban J connectivity index is 1.26. The number of hydrogen-bond donors (Lipinski definition) is 1. The Kier molecular flexibility index (Phi) is 4.96. The van der Waals surface area contributed by atoms with Crippen molar-refractivity contribution in [2.45, 2.75) is 75.8 Å². The second-order valence-corrected chi connectivity index (χ2v) is 9.84. The van der Waals surface area contributed by atoms with Gasteiger partial charge in [-0.3, -0.25) is 4.90 Å². The largest absolute Gasteiger partial charge is 0.367 e. The molecule has 0 aromatic carbocycles. The third kappa shape index (κ3) is 3.61. The number of rotatable bonds is 3. The fraction of sp³-hybridized carbons (Fsp3) is 0.700. The molecular formula is C20H25ClF2N4S. The van der Waals surface area contributed by atoms with Gasteiger partial charge in [0.25, 0.3) is 5.92 Å².